The average molecular weight is 374 g/mol. The summed E-state index contributed by atoms with van der Waals surface area (Å²) in [5, 5.41) is 13.7. The van der Waals surface area contributed by atoms with Crippen LogP contribution in [0.4, 0.5) is 5.82 Å². The predicted octanol–water partition coefficient (Wildman–Crippen LogP) is 3.43. The second kappa shape index (κ2) is 9.38. The minimum atomic E-state index is -0.408. The van der Waals surface area contributed by atoms with Gasteiger partial charge in [-0.15, -0.1) is 0 Å². The first-order valence-corrected chi connectivity index (χ1v) is 9.21. The number of benzene rings is 2. The zero-order chi connectivity index (χ0) is 19.8. The standard InChI is InChI=1S/C22H22N4O2/c23-16-19-20(25-26(22(19)24)18-12-5-2-6-13-18)15-21(27)28-14-8-7-11-17-9-3-1-4-10-17/h1-6,9-10,12-13H,7-8,11,14-15,24H2. The third-order valence-corrected chi connectivity index (χ3v) is 4.38. The molecule has 0 bridgehead atoms. The number of aryl methyl sites for hydroxylation is 1. The highest BCUT2D eigenvalue weighted by molar-refractivity contribution is 5.74. The van der Waals surface area contributed by atoms with Gasteiger partial charge >= 0.3 is 5.97 Å². The molecule has 0 unspecified atom stereocenters. The van der Waals surface area contributed by atoms with E-state index < -0.39 is 5.97 Å². The monoisotopic (exact) mass is 374 g/mol. The maximum atomic E-state index is 12.1. The van der Waals surface area contributed by atoms with E-state index in [2.05, 4.69) is 17.2 Å². The minimum Gasteiger partial charge on any atom is -0.465 e. The van der Waals surface area contributed by atoms with Gasteiger partial charge in [0.05, 0.1) is 24.4 Å². The number of anilines is 1. The van der Waals surface area contributed by atoms with Gasteiger partial charge in [0.15, 0.2) is 0 Å². The number of nitrogens with two attached hydrogens (primary N) is 1. The van der Waals surface area contributed by atoms with Crippen molar-refractivity contribution in [1.29, 1.82) is 5.26 Å². The number of rotatable bonds is 8. The number of unbranched alkanes of at least 4 members (excludes halogenated alkanes) is 1. The molecule has 142 valence electrons. The van der Waals surface area contributed by atoms with Gasteiger partial charge in [0, 0.05) is 0 Å². The van der Waals surface area contributed by atoms with Gasteiger partial charge in [-0.05, 0) is 37.0 Å². The molecule has 0 aliphatic carbocycles. The Labute approximate surface area is 164 Å². The molecule has 0 spiro atoms. The molecule has 6 heteroatoms. The molecule has 1 heterocycles. The SMILES string of the molecule is N#Cc1c(CC(=O)OCCCCc2ccccc2)nn(-c2ccccc2)c1N. The third-order valence-electron chi connectivity index (χ3n) is 4.38. The summed E-state index contributed by atoms with van der Waals surface area (Å²) in [5.74, 6) is -0.187. The zero-order valence-corrected chi connectivity index (χ0v) is 15.5. The molecule has 3 aromatic rings. The summed E-state index contributed by atoms with van der Waals surface area (Å²) in [5.41, 5.74) is 8.59. The molecule has 0 amide bonds. The Kier molecular flexibility index (Phi) is 6.42. The maximum Gasteiger partial charge on any atom is 0.311 e. The number of ether oxygens (including phenoxy) is 1. The Morgan fingerprint density at radius 2 is 1.75 bits per heavy atom. The van der Waals surface area contributed by atoms with Crippen molar-refractivity contribution in [3.05, 3.63) is 77.5 Å². The molecular weight excluding hydrogens is 352 g/mol. The van der Waals surface area contributed by atoms with Crippen LogP contribution in [0, 0.1) is 11.3 Å². The molecule has 28 heavy (non-hydrogen) atoms. The summed E-state index contributed by atoms with van der Waals surface area (Å²) in [6, 6.07) is 21.5. The second-order valence-corrected chi connectivity index (χ2v) is 6.41. The molecule has 1 aromatic heterocycles. The molecule has 0 aliphatic heterocycles. The number of nitrogens with zero attached hydrogens (tertiary/aromatic N) is 3. The lowest BCUT2D eigenvalue weighted by molar-refractivity contribution is -0.143. The summed E-state index contributed by atoms with van der Waals surface area (Å²) >= 11 is 0. The Hall–Kier alpha value is -3.59. The molecule has 0 fully saturated rings. The van der Waals surface area contributed by atoms with Crippen LogP contribution in [-0.2, 0) is 22.4 Å². The second-order valence-electron chi connectivity index (χ2n) is 6.41. The summed E-state index contributed by atoms with van der Waals surface area (Å²) < 4.78 is 6.77. The fraction of sp³-hybridized carbons (Fsp3) is 0.227. The molecular formula is C22H22N4O2. The van der Waals surface area contributed by atoms with Crippen LogP contribution in [0.15, 0.2) is 60.7 Å². The maximum absolute atomic E-state index is 12.1. The normalized spacial score (nSPS) is 10.4. The van der Waals surface area contributed by atoms with E-state index in [1.165, 1.54) is 10.2 Å². The highest BCUT2D eigenvalue weighted by atomic mass is 16.5. The van der Waals surface area contributed by atoms with Crippen LogP contribution in [0.25, 0.3) is 5.69 Å². The lowest BCUT2D eigenvalue weighted by Gasteiger charge is -2.04. The topological polar surface area (TPSA) is 93.9 Å². The number of hydrogen-bond acceptors (Lipinski definition) is 5. The molecule has 2 N–H and O–H groups in total. The van der Waals surface area contributed by atoms with Crippen molar-refractivity contribution in [3.8, 4) is 11.8 Å². The van der Waals surface area contributed by atoms with Crippen LogP contribution in [-0.4, -0.2) is 22.4 Å². The molecule has 0 saturated carbocycles. The number of carbonyl (C=O) groups excluding carboxylic acids is 1. The molecule has 6 nitrogen and oxygen atoms in total. The summed E-state index contributed by atoms with van der Waals surface area (Å²) in [6.07, 6.45) is 2.60. The lowest BCUT2D eigenvalue weighted by Crippen LogP contribution is -2.10. The Morgan fingerprint density at radius 1 is 1.07 bits per heavy atom. The largest absolute Gasteiger partial charge is 0.465 e. The van der Waals surface area contributed by atoms with Crippen LogP contribution < -0.4 is 5.73 Å². The van der Waals surface area contributed by atoms with Crippen molar-refractivity contribution >= 4 is 11.8 Å². The van der Waals surface area contributed by atoms with Crippen LogP contribution in [0.2, 0.25) is 0 Å². The van der Waals surface area contributed by atoms with Gasteiger partial charge in [-0.3, -0.25) is 4.79 Å². The molecule has 2 aromatic carbocycles. The van der Waals surface area contributed by atoms with Gasteiger partial charge in [0.2, 0.25) is 0 Å². The van der Waals surface area contributed by atoms with Crippen molar-refractivity contribution < 1.29 is 9.53 Å². The highest BCUT2D eigenvalue weighted by Crippen LogP contribution is 2.21. The van der Waals surface area contributed by atoms with E-state index in [0.717, 1.165) is 24.9 Å². The molecule has 3 rings (SSSR count). The van der Waals surface area contributed by atoms with Gasteiger partial charge in [-0.2, -0.15) is 10.4 Å². The van der Waals surface area contributed by atoms with Crippen molar-refractivity contribution in [3.63, 3.8) is 0 Å². The summed E-state index contributed by atoms with van der Waals surface area (Å²) in [6.45, 7) is 0.350. The van der Waals surface area contributed by atoms with E-state index in [1.807, 2.05) is 54.6 Å². The van der Waals surface area contributed by atoms with Gasteiger partial charge < -0.3 is 10.5 Å². The first-order valence-electron chi connectivity index (χ1n) is 9.21. The number of carbonyl (C=O) groups is 1. The number of para-hydroxylation sites is 1. The van der Waals surface area contributed by atoms with Crippen molar-refractivity contribution in [2.45, 2.75) is 25.7 Å². The molecule has 0 saturated heterocycles. The smallest absolute Gasteiger partial charge is 0.311 e. The van der Waals surface area contributed by atoms with E-state index >= 15 is 0 Å². The van der Waals surface area contributed by atoms with Crippen LogP contribution >= 0.6 is 0 Å². The number of nitriles is 1. The Morgan fingerprint density at radius 3 is 2.43 bits per heavy atom. The Balaban J connectivity index is 1.53. The first-order chi connectivity index (χ1) is 13.7. The number of esters is 1. The van der Waals surface area contributed by atoms with Crippen molar-refractivity contribution in [2.75, 3.05) is 12.3 Å². The van der Waals surface area contributed by atoms with E-state index in [4.69, 9.17) is 10.5 Å². The van der Waals surface area contributed by atoms with E-state index in [-0.39, 0.29) is 17.8 Å². The predicted molar refractivity (Wildman–Crippen MR) is 107 cm³/mol. The van der Waals surface area contributed by atoms with Gasteiger partial charge in [0.25, 0.3) is 0 Å². The Bertz CT molecular complexity index is 959. The molecule has 0 radical (unpaired) electrons. The van der Waals surface area contributed by atoms with E-state index in [1.54, 1.807) is 0 Å². The fourth-order valence-electron chi connectivity index (χ4n) is 2.94. The third kappa shape index (κ3) is 4.77. The molecule has 0 aliphatic rings. The molecule has 0 atom stereocenters. The van der Waals surface area contributed by atoms with Crippen molar-refractivity contribution in [1.82, 2.24) is 9.78 Å². The quantitative estimate of drug-likeness (QED) is 0.481. The lowest BCUT2D eigenvalue weighted by atomic mass is 10.1. The van der Waals surface area contributed by atoms with Crippen molar-refractivity contribution in [2.24, 2.45) is 0 Å². The number of nitrogen functional groups attached to an aromatic ring is 1. The minimum absolute atomic E-state index is 0.0778. The van der Waals surface area contributed by atoms with Gasteiger partial charge in [-0.1, -0.05) is 48.5 Å². The van der Waals surface area contributed by atoms with Crippen LogP contribution in [0.1, 0.15) is 29.7 Å². The highest BCUT2D eigenvalue weighted by Gasteiger charge is 2.19. The van der Waals surface area contributed by atoms with E-state index in [9.17, 15) is 10.1 Å². The van der Waals surface area contributed by atoms with Gasteiger partial charge in [0.1, 0.15) is 17.5 Å². The first kappa shape index (κ1) is 19.2. The van der Waals surface area contributed by atoms with Crippen LogP contribution in [0.5, 0.6) is 0 Å². The van der Waals surface area contributed by atoms with Gasteiger partial charge in [-0.25, -0.2) is 4.68 Å². The van der Waals surface area contributed by atoms with Crippen LogP contribution in [0.3, 0.4) is 0 Å². The number of hydrogen-bond donors (Lipinski definition) is 1. The fourth-order valence-corrected chi connectivity index (χ4v) is 2.94. The van der Waals surface area contributed by atoms with E-state index in [0.29, 0.717) is 12.3 Å². The zero-order valence-electron chi connectivity index (χ0n) is 15.5. The number of aromatic nitrogens is 2. The summed E-state index contributed by atoms with van der Waals surface area (Å²) in [4.78, 5) is 12.1. The average Bonchev–Trinajstić information content (AvgIpc) is 3.04. The summed E-state index contributed by atoms with van der Waals surface area (Å²) in [7, 11) is 0.